The highest BCUT2D eigenvalue weighted by Crippen LogP contribution is 2.33. The highest BCUT2D eigenvalue weighted by molar-refractivity contribution is 7.80. The number of esters is 1. The molecule has 0 saturated heterocycles. The molecule has 0 radical (unpaired) electrons. The van der Waals surface area contributed by atoms with Crippen LogP contribution < -0.4 is 4.31 Å². The van der Waals surface area contributed by atoms with Crippen LogP contribution in [-0.2, 0) is 16.0 Å². The number of carbonyl (C=O) groups is 1. The van der Waals surface area contributed by atoms with Crippen molar-refractivity contribution in [1.29, 1.82) is 0 Å². The zero-order chi connectivity index (χ0) is 16.4. The smallest absolute Gasteiger partial charge is 0.465 e. The molecular formula is C9H7F3N2O6S. The third kappa shape index (κ3) is 3.66. The van der Waals surface area contributed by atoms with E-state index in [2.05, 4.69) is 4.74 Å². The third-order valence-corrected chi connectivity index (χ3v) is 2.93. The van der Waals surface area contributed by atoms with Gasteiger partial charge in [-0.3, -0.25) is 14.7 Å². The number of ether oxygens (including phenoxy) is 1. The maximum absolute atomic E-state index is 12.7. The molecule has 0 aromatic heterocycles. The number of rotatable bonds is 4. The molecule has 1 unspecified atom stereocenters. The van der Waals surface area contributed by atoms with Gasteiger partial charge in [-0.15, -0.1) is 13.2 Å². The lowest BCUT2D eigenvalue weighted by Gasteiger charge is -2.22. The molecule has 21 heavy (non-hydrogen) atoms. The van der Waals surface area contributed by atoms with Crippen LogP contribution in [-0.4, -0.2) is 33.1 Å². The Kier molecular flexibility index (Phi) is 4.85. The first kappa shape index (κ1) is 16.8. The molecule has 1 atom stereocenters. The van der Waals surface area contributed by atoms with Crippen molar-refractivity contribution in [2.24, 2.45) is 0 Å². The van der Waals surface area contributed by atoms with Gasteiger partial charge in [-0.2, -0.15) is 4.31 Å². The molecule has 0 aliphatic rings. The van der Waals surface area contributed by atoms with E-state index in [4.69, 9.17) is 4.55 Å². The molecule has 0 aliphatic carbocycles. The summed E-state index contributed by atoms with van der Waals surface area (Å²) >= 11 is -3.48. The fraction of sp³-hybridized carbons (Fsp3) is 0.222. The Labute approximate surface area is 117 Å². The number of alkyl halides is 3. The maximum Gasteiger partial charge on any atom is 0.498 e. The molecule has 116 valence electrons. The first-order chi connectivity index (χ1) is 9.59. The van der Waals surface area contributed by atoms with Crippen molar-refractivity contribution < 1.29 is 36.4 Å². The molecular weight excluding hydrogens is 321 g/mol. The Morgan fingerprint density at radius 3 is 2.43 bits per heavy atom. The SMILES string of the molecule is COC(=O)c1cc(N(S(=O)O)C(F)(F)F)ccc1[N+](=O)[O-]. The van der Waals surface area contributed by atoms with Gasteiger partial charge in [0.05, 0.1) is 17.7 Å². The van der Waals surface area contributed by atoms with E-state index in [1.807, 2.05) is 0 Å². The van der Waals surface area contributed by atoms with Crippen molar-refractivity contribution >= 4 is 28.6 Å². The first-order valence-corrected chi connectivity index (χ1v) is 6.00. The fourth-order valence-corrected chi connectivity index (χ4v) is 1.88. The average molecular weight is 328 g/mol. The van der Waals surface area contributed by atoms with Crippen molar-refractivity contribution in [3.8, 4) is 0 Å². The molecule has 12 heteroatoms. The van der Waals surface area contributed by atoms with E-state index in [9.17, 15) is 32.3 Å². The Bertz CT molecular complexity index is 606. The van der Waals surface area contributed by atoms with E-state index in [1.165, 1.54) is 0 Å². The largest absolute Gasteiger partial charge is 0.498 e. The zero-order valence-corrected chi connectivity index (χ0v) is 11.0. The molecule has 0 amide bonds. The summed E-state index contributed by atoms with van der Waals surface area (Å²) in [6, 6.07) is 1.64. The van der Waals surface area contributed by atoms with Crippen molar-refractivity contribution in [3.05, 3.63) is 33.9 Å². The van der Waals surface area contributed by atoms with Crippen molar-refractivity contribution in [3.63, 3.8) is 0 Å². The van der Waals surface area contributed by atoms with Gasteiger partial charge in [-0.25, -0.2) is 9.00 Å². The van der Waals surface area contributed by atoms with E-state index in [0.29, 0.717) is 18.2 Å². The second-order valence-electron chi connectivity index (χ2n) is 3.44. The minimum absolute atomic E-state index is 0.450. The summed E-state index contributed by atoms with van der Waals surface area (Å²) in [5.41, 5.74) is -2.49. The predicted molar refractivity (Wildman–Crippen MR) is 63.7 cm³/mol. The van der Waals surface area contributed by atoms with Gasteiger partial charge in [-0.05, 0) is 12.1 Å². The molecule has 1 aromatic carbocycles. The lowest BCUT2D eigenvalue weighted by molar-refractivity contribution is -0.385. The monoisotopic (exact) mass is 328 g/mol. The molecule has 1 rings (SSSR count). The first-order valence-electron chi connectivity index (χ1n) is 4.94. The van der Waals surface area contributed by atoms with Crippen LogP contribution in [0.2, 0.25) is 0 Å². The molecule has 8 nitrogen and oxygen atoms in total. The standard InChI is InChI=1S/C9H7F3N2O6S/c1-20-8(15)6-4-5(2-3-7(6)14(16)17)13(21(18)19)9(10,11)12/h2-4H,1H3,(H,18,19). The number of halogens is 3. The summed E-state index contributed by atoms with van der Waals surface area (Å²) in [7, 11) is 0.879. The number of anilines is 1. The van der Waals surface area contributed by atoms with Crippen molar-refractivity contribution in [2.75, 3.05) is 11.4 Å². The Morgan fingerprint density at radius 1 is 1.48 bits per heavy atom. The van der Waals surface area contributed by atoms with E-state index in [-0.39, 0.29) is 0 Å². The van der Waals surface area contributed by atoms with Crippen LogP contribution in [0.3, 0.4) is 0 Å². The van der Waals surface area contributed by atoms with Gasteiger partial charge >= 0.3 is 12.3 Å². The number of carbonyl (C=O) groups excluding carboxylic acids is 1. The van der Waals surface area contributed by atoms with Crippen LogP contribution in [0.5, 0.6) is 0 Å². The second kappa shape index (κ2) is 6.05. The Balaban J connectivity index is 3.49. The second-order valence-corrected chi connectivity index (χ2v) is 4.27. The molecule has 0 fully saturated rings. The van der Waals surface area contributed by atoms with E-state index < -0.39 is 49.7 Å². The summed E-state index contributed by atoms with van der Waals surface area (Å²) in [5.74, 6) is -1.26. The lowest BCUT2D eigenvalue weighted by Crippen LogP contribution is -2.39. The van der Waals surface area contributed by atoms with Crippen LogP contribution >= 0.6 is 0 Å². The summed E-state index contributed by atoms with van der Waals surface area (Å²) in [5, 5.41) is 10.7. The Hall–Kier alpha value is -2.21. The van der Waals surface area contributed by atoms with Crippen LogP contribution in [0, 0.1) is 10.1 Å². The van der Waals surface area contributed by atoms with Crippen LogP contribution in [0.4, 0.5) is 24.5 Å². The average Bonchev–Trinajstić information content (AvgIpc) is 2.35. The molecule has 1 N–H and O–H groups in total. The van der Waals surface area contributed by atoms with Crippen LogP contribution in [0.25, 0.3) is 0 Å². The van der Waals surface area contributed by atoms with Gasteiger partial charge in [0.2, 0.25) is 0 Å². The molecule has 1 aromatic rings. The normalized spacial score (nSPS) is 12.6. The predicted octanol–water partition coefficient (Wildman–Crippen LogP) is 1.84. The fourth-order valence-electron chi connectivity index (χ4n) is 1.41. The number of nitro benzene ring substituents is 1. The summed E-state index contributed by atoms with van der Waals surface area (Å²) < 4.78 is 60.8. The minimum Gasteiger partial charge on any atom is -0.465 e. The van der Waals surface area contributed by atoms with Crippen molar-refractivity contribution in [1.82, 2.24) is 0 Å². The lowest BCUT2D eigenvalue weighted by atomic mass is 10.1. The Morgan fingerprint density at radius 2 is 2.05 bits per heavy atom. The number of methoxy groups -OCH3 is 1. The van der Waals surface area contributed by atoms with Crippen molar-refractivity contribution in [2.45, 2.75) is 6.30 Å². The van der Waals surface area contributed by atoms with Crippen LogP contribution in [0.15, 0.2) is 18.2 Å². The molecule has 0 saturated carbocycles. The summed E-state index contributed by atoms with van der Waals surface area (Å²) in [6.45, 7) is 0. The topological polar surface area (TPSA) is 110 Å². The van der Waals surface area contributed by atoms with Gasteiger partial charge in [0.1, 0.15) is 5.56 Å². The number of nitrogens with zero attached hydrogens (tertiary/aromatic N) is 2. The number of hydrogen-bond donors (Lipinski definition) is 1. The molecule has 0 spiro atoms. The van der Waals surface area contributed by atoms with Gasteiger partial charge in [0.25, 0.3) is 17.0 Å². The van der Waals surface area contributed by atoms with Gasteiger partial charge < -0.3 is 4.74 Å². The summed E-state index contributed by atoms with van der Waals surface area (Å²) in [6.07, 6.45) is -5.23. The molecule has 0 aliphatic heterocycles. The maximum atomic E-state index is 12.7. The molecule has 0 heterocycles. The van der Waals surface area contributed by atoms with E-state index in [1.54, 1.807) is 0 Å². The molecule has 0 bridgehead atoms. The zero-order valence-electron chi connectivity index (χ0n) is 10.2. The van der Waals surface area contributed by atoms with E-state index in [0.717, 1.165) is 7.11 Å². The van der Waals surface area contributed by atoms with Gasteiger partial charge in [0.15, 0.2) is 0 Å². The third-order valence-electron chi connectivity index (χ3n) is 2.20. The summed E-state index contributed by atoms with van der Waals surface area (Å²) in [4.78, 5) is 21.1. The quantitative estimate of drug-likeness (QED) is 0.297. The van der Waals surface area contributed by atoms with Gasteiger partial charge in [-0.1, -0.05) is 0 Å². The number of benzene rings is 1. The highest BCUT2D eigenvalue weighted by Gasteiger charge is 2.42. The highest BCUT2D eigenvalue weighted by atomic mass is 32.2. The number of nitro groups is 1. The minimum atomic E-state index is -5.23. The van der Waals surface area contributed by atoms with Gasteiger partial charge in [0, 0.05) is 6.07 Å². The number of hydrogen-bond acceptors (Lipinski definition) is 5. The van der Waals surface area contributed by atoms with Crippen LogP contribution in [0.1, 0.15) is 10.4 Å². The van der Waals surface area contributed by atoms with E-state index >= 15 is 0 Å².